The summed E-state index contributed by atoms with van der Waals surface area (Å²) in [5.41, 5.74) is 0. The summed E-state index contributed by atoms with van der Waals surface area (Å²) in [6.07, 6.45) is 0. The van der Waals surface area contributed by atoms with Crippen LogP contribution >= 0.6 is 11.8 Å². The molecule has 2 nitrogen and oxygen atoms in total. The van der Waals surface area contributed by atoms with Crippen LogP contribution in [0.3, 0.4) is 0 Å². The Balaban J connectivity index is 3.10. The van der Waals surface area contributed by atoms with Crippen LogP contribution in [0.4, 0.5) is 0 Å². The summed E-state index contributed by atoms with van der Waals surface area (Å²) < 4.78 is 0. The molecule has 0 aromatic carbocycles. The zero-order chi connectivity index (χ0) is 7.28. The molecular formula is C6H10O2S. The zero-order valence-corrected chi connectivity index (χ0v) is 6.46. The van der Waals surface area contributed by atoms with Gasteiger partial charge in [0.25, 0.3) is 0 Å². The lowest BCUT2D eigenvalue weighted by Gasteiger charge is -1.91. The molecule has 0 unspecified atom stereocenters. The molecule has 0 radical (unpaired) electrons. The van der Waals surface area contributed by atoms with Gasteiger partial charge in [-0.05, 0) is 13.8 Å². The minimum atomic E-state index is 0.126. The molecule has 0 aliphatic rings. The Hall–Kier alpha value is -0.310. The van der Waals surface area contributed by atoms with Crippen molar-refractivity contribution in [1.82, 2.24) is 0 Å². The Morgan fingerprint density at radius 2 is 1.44 bits per heavy atom. The SMILES string of the molecule is CC(=O)CSCC(C)=O. The van der Waals surface area contributed by atoms with Crippen molar-refractivity contribution >= 4 is 23.3 Å². The molecule has 0 rings (SSSR count). The van der Waals surface area contributed by atoms with Crippen molar-refractivity contribution in [3.63, 3.8) is 0 Å². The molecule has 0 saturated carbocycles. The Morgan fingerprint density at radius 1 is 1.11 bits per heavy atom. The molecule has 0 aromatic heterocycles. The maximum Gasteiger partial charge on any atom is 0.139 e. The highest BCUT2D eigenvalue weighted by Gasteiger charge is 1.95. The van der Waals surface area contributed by atoms with E-state index in [1.165, 1.54) is 25.6 Å². The van der Waals surface area contributed by atoms with E-state index in [2.05, 4.69) is 0 Å². The number of rotatable bonds is 4. The van der Waals surface area contributed by atoms with Crippen molar-refractivity contribution in [3.8, 4) is 0 Å². The lowest BCUT2D eigenvalue weighted by atomic mass is 10.5. The maximum absolute atomic E-state index is 10.3. The van der Waals surface area contributed by atoms with Crippen molar-refractivity contribution in [2.24, 2.45) is 0 Å². The van der Waals surface area contributed by atoms with Gasteiger partial charge in [0, 0.05) is 0 Å². The Labute approximate surface area is 59.0 Å². The molecule has 0 bridgehead atoms. The second-order valence-corrected chi connectivity index (χ2v) is 2.88. The normalized spacial score (nSPS) is 9.11. The molecule has 52 valence electrons. The molecule has 0 N–H and O–H groups in total. The van der Waals surface area contributed by atoms with E-state index < -0.39 is 0 Å². The molecule has 0 heterocycles. The molecular weight excluding hydrogens is 136 g/mol. The fourth-order valence-corrected chi connectivity index (χ4v) is 1.02. The van der Waals surface area contributed by atoms with Gasteiger partial charge >= 0.3 is 0 Å². The Kier molecular flexibility index (Phi) is 4.40. The van der Waals surface area contributed by atoms with E-state index in [1.54, 1.807) is 0 Å². The number of carbonyl (C=O) groups excluding carboxylic acids is 2. The summed E-state index contributed by atoms with van der Waals surface area (Å²) in [7, 11) is 0. The molecule has 0 amide bonds. The van der Waals surface area contributed by atoms with Crippen molar-refractivity contribution in [2.75, 3.05) is 11.5 Å². The summed E-state index contributed by atoms with van der Waals surface area (Å²) in [6, 6.07) is 0. The van der Waals surface area contributed by atoms with E-state index in [0.29, 0.717) is 11.5 Å². The average molecular weight is 146 g/mol. The summed E-state index contributed by atoms with van der Waals surface area (Å²) in [6.45, 7) is 3.04. The first-order valence-corrected chi connectivity index (χ1v) is 3.85. The molecule has 0 aliphatic heterocycles. The highest BCUT2D eigenvalue weighted by atomic mass is 32.2. The van der Waals surface area contributed by atoms with Gasteiger partial charge in [-0.2, -0.15) is 0 Å². The molecule has 3 heteroatoms. The monoisotopic (exact) mass is 146 g/mol. The van der Waals surface area contributed by atoms with Crippen LogP contribution in [0.15, 0.2) is 0 Å². The highest BCUT2D eigenvalue weighted by Crippen LogP contribution is 1.98. The third-order valence-corrected chi connectivity index (χ3v) is 1.83. The quantitative estimate of drug-likeness (QED) is 0.591. The van der Waals surface area contributed by atoms with Crippen LogP contribution in [0.1, 0.15) is 13.8 Å². The van der Waals surface area contributed by atoms with E-state index in [0.717, 1.165) is 0 Å². The van der Waals surface area contributed by atoms with E-state index >= 15 is 0 Å². The van der Waals surface area contributed by atoms with Crippen molar-refractivity contribution in [1.29, 1.82) is 0 Å². The standard InChI is InChI=1S/C6H10O2S/c1-5(7)3-9-4-6(2)8/h3-4H2,1-2H3. The largest absolute Gasteiger partial charge is 0.299 e. The number of ketones is 2. The smallest absolute Gasteiger partial charge is 0.139 e. The van der Waals surface area contributed by atoms with E-state index in [9.17, 15) is 9.59 Å². The summed E-state index contributed by atoms with van der Waals surface area (Å²) in [5.74, 6) is 1.17. The van der Waals surface area contributed by atoms with Gasteiger partial charge in [-0.15, -0.1) is 11.8 Å². The minimum Gasteiger partial charge on any atom is -0.299 e. The van der Waals surface area contributed by atoms with Gasteiger partial charge < -0.3 is 0 Å². The third kappa shape index (κ3) is 7.69. The summed E-state index contributed by atoms with van der Waals surface area (Å²) in [4.78, 5) is 20.6. The van der Waals surface area contributed by atoms with Gasteiger partial charge in [0.1, 0.15) is 11.6 Å². The first kappa shape index (κ1) is 8.69. The lowest BCUT2D eigenvalue weighted by molar-refractivity contribution is -0.115. The number of hydrogen-bond acceptors (Lipinski definition) is 3. The number of hydrogen-bond donors (Lipinski definition) is 0. The van der Waals surface area contributed by atoms with Gasteiger partial charge in [-0.1, -0.05) is 0 Å². The van der Waals surface area contributed by atoms with Crippen LogP contribution < -0.4 is 0 Å². The van der Waals surface area contributed by atoms with E-state index in [-0.39, 0.29) is 11.6 Å². The minimum absolute atomic E-state index is 0.126. The van der Waals surface area contributed by atoms with Crippen LogP contribution in [-0.4, -0.2) is 23.1 Å². The second-order valence-electron chi connectivity index (χ2n) is 1.90. The van der Waals surface area contributed by atoms with Crippen LogP contribution in [-0.2, 0) is 9.59 Å². The molecule has 0 atom stereocenters. The molecule has 0 saturated heterocycles. The van der Waals surface area contributed by atoms with Crippen LogP contribution in [0.2, 0.25) is 0 Å². The van der Waals surface area contributed by atoms with Gasteiger partial charge in [0.2, 0.25) is 0 Å². The number of Topliss-reactive ketones (excluding diaryl/α,β-unsaturated/α-hetero) is 2. The van der Waals surface area contributed by atoms with E-state index in [1.807, 2.05) is 0 Å². The van der Waals surface area contributed by atoms with Gasteiger partial charge in [-0.3, -0.25) is 9.59 Å². The summed E-state index contributed by atoms with van der Waals surface area (Å²) in [5, 5.41) is 0. The Bertz CT molecular complexity index is 106. The first-order valence-electron chi connectivity index (χ1n) is 2.69. The van der Waals surface area contributed by atoms with Gasteiger partial charge in [-0.25, -0.2) is 0 Å². The number of thioether (sulfide) groups is 1. The molecule has 0 aliphatic carbocycles. The Morgan fingerprint density at radius 3 is 1.67 bits per heavy atom. The van der Waals surface area contributed by atoms with Gasteiger partial charge in [0.15, 0.2) is 0 Å². The van der Waals surface area contributed by atoms with Crippen LogP contribution in [0.5, 0.6) is 0 Å². The third-order valence-electron chi connectivity index (χ3n) is 0.611. The topological polar surface area (TPSA) is 34.1 Å². The number of carbonyl (C=O) groups is 2. The molecule has 0 spiro atoms. The predicted octanol–water partition coefficient (Wildman–Crippen LogP) is 0.898. The first-order chi connectivity index (χ1) is 4.13. The fraction of sp³-hybridized carbons (Fsp3) is 0.667. The average Bonchev–Trinajstić information content (AvgIpc) is 1.63. The second kappa shape index (κ2) is 4.56. The summed E-state index contributed by atoms with van der Waals surface area (Å²) >= 11 is 1.37. The molecule has 0 fully saturated rings. The molecule has 9 heavy (non-hydrogen) atoms. The lowest BCUT2D eigenvalue weighted by Crippen LogP contribution is -1.99. The predicted molar refractivity (Wildman–Crippen MR) is 38.7 cm³/mol. The van der Waals surface area contributed by atoms with Crippen molar-refractivity contribution < 1.29 is 9.59 Å². The van der Waals surface area contributed by atoms with Crippen LogP contribution in [0.25, 0.3) is 0 Å². The zero-order valence-electron chi connectivity index (χ0n) is 5.64. The van der Waals surface area contributed by atoms with Crippen LogP contribution in [0, 0.1) is 0 Å². The van der Waals surface area contributed by atoms with Crippen molar-refractivity contribution in [3.05, 3.63) is 0 Å². The van der Waals surface area contributed by atoms with E-state index in [4.69, 9.17) is 0 Å². The highest BCUT2D eigenvalue weighted by molar-refractivity contribution is 8.00. The fourth-order valence-electron chi connectivity index (χ4n) is 0.338. The molecule has 0 aromatic rings. The van der Waals surface area contributed by atoms with Gasteiger partial charge in [0.05, 0.1) is 11.5 Å². The van der Waals surface area contributed by atoms with Crippen molar-refractivity contribution in [2.45, 2.75) is 13.8 Å². The maximum atomic E-state index is 10.3.